The summed E-state index contributed by atoms with van der Waals surface area (Å²) in [6.07, 6.45) is 0.875. The molecular formula is C11H14BrCl2O3PS. The van der Waals surface area contributed by atoms with Crippen LogP contribution in [0.3, 0.4) is 0 Å². The molecule has 0 aliphatic rings. The van der Waals surface area contributed by atoms with Crippen molar-refractivity contribution >= 4 is 57.3 Å². The van der Waals surface area contributed by atoms with E-state index in [1.54, 1.807) is 13.0 Å². The van der Waals surface area contributed by atoms with Crippen molar-refractivity contribution in [2.24, 2.45) is 0 Å². The number of halogens is 3. The zero-order valence-corrected chi connectivity index (χ0v) is 15.3. The summed E-state index contributed by atoms with van der Waals surface area (Å²) in [5.41, 5.74) is 0. The number of benzene rings is 1. The number of rotatable bonds is 7. The van der Waals surface area contributed by atoms with Crippen LogP contribution in [0.2, 0.25) is 10.0 Å². The summed E-state index contributed by atoms with van der Waals surface area (Å²) in [7, 11) is 0. The van der Waals surface area contributed by atoms with Gasteiger partial charge in [0.05, 0.1) is 16.7 Å². The second kappa shape index (κ2) is 8.16. The molecule has 8 heteroatoms. The zero-order valence-electron chi connectivity index (χ0n) is 10.5. The first-order valence-electron chi connectivity index (χ1n) is 5.65. The maximum absolute atomic E-state index is 12.5. The molecule has 0 fully saturated rings. The van der Waals surface area contributed by atoms with Gasteiger partial charge in [0.25, 0.3) is 0 Å². The van der Waals surface area contributed by atoms with E-state index in [-0.39, 0.29) is 5.75 Å². The van der Waals surface area contributed by atoms with Crippen LogP contribution in [0.25, 0.3) is 0 Å². The predicted octanol–water partition coefficient (Wildman–Crippen LogP) is 6.42. The Morgan fingerprint density at radius 2 is 2.00 bits per heavy atom. The van der Waals surface area contributed by atoms with Crippen LogP contribution in [0.15, 0.2) is 16.6 Å². The largest absolute Gasteiger partial charge is 0.440 e. The predicted molar refractivity (Wildman–Crippen MR) is 86.8 cm³/mol. The van der Waals surface area contributed by atoms with E-state index in [0.29, 0.717) is 26.9 Å². The van der Waals surface area contributed by atoms with E-state index >= 15 is 0 Å². The van der Waals surface area contributed by atoms with Crippen molar-refractivity contribution in [3.05, 3.63) is 26.7 Å². The van der Waals surface area contributed by atoms with Crippen LogP contribution in [0.4, 0.5) is 0 Å². The number of hydrogen-bond acceptors (Lipinski definition) is 4. The van der Waals surface area contributed by atoms with Gasteiger partial charge in [-0.3, -0.25) is 4.52 Å². The first kappa shape index (κ1) is 17.7. The van der Waals surface area contributed by atoms with Gasteiger partial charge in [0.1, 0.15) is 5.75 Å². The van der Waals surface area contributed by atoms with Gasteiger partial charge in [-0.25, -0.2) is 4.57 Å². The minimum absolute atomic E-state index is 0.259. The highest BCUT2D eigenvalue weighted by Crippen LogP contribution is 2.61. The maximum Gasteiger partial charge on any atom is 0.440 e. The lowest BCUT2D eigenvalue weighted by molar-refractivity contribution is 0.296. The standard InChI is InChI=1S/C11H14BrCl2O3PS/c1-3-5-19-18(15,16-4-2)17-11-7-9(13)8(12)6-10(11)14/h6-7H,3-5H2,1-2H3. The van der Waals surface area contributed by atoms with Gasteiger partial charge in [0.2, 0.25) is 0 Å². The topological polar surface area (TPSA) is 35.5 Å². The Kier molecular flexibility index (Phi) is 7.59. The Balaban J connectivity index is 2.96. The average Bonchev–Trinajstić information content (AvgIpc) is 2.34. The van der Waals surface area contributed by atoms with Crippen molar-refractivity contribution in [3.8, 4) is 5.75 Å². The van der Waals surface area contributed by atoms with Crippen molar-refractivity contribution < 1.29 is 13.6 Å². The summed E-state index contributed by atoms with van der Waals surface area (Å²) >= 11 is 16.4. The summed E-state index contributed by atoms with van der Waals surface area (Å²) in [5, 5.41) is 0.760. The lowest BCUT2D eigenvalue weighted by Gasteiger charge is -2.18. The van der Waals surface area contributed by atoms with E-state index in [9.17, 15) is 4.57 Å². The molecule has 0 N–H and O–H groups in total. The Morgan fingerprint density at radius 1 is 1.32 bits per heavy atom. The Bertz CT molecular complexity index is 487. The van der Waals surface area contributed by atoms with E-state index < -0.39 is 6.80 Å². The molecule has 0 bridgehead atoms. The third-order valence-electron chi connectivity index (χ3n) is 1.93. The van der Waals surface area contributed by atoms with Crippen LogP contribution in [0.1, 0.15) is 20.3 Å². The third kappa shape index (κ3) is 5.49. The zero-order chi connectivity index (χ0) is 14.5. The van der Waals surface area contributed by atoms with Crippen molar-refractivity contribution in [1.29, 1.82) is 0 Å². The molecule has 1 aromatic rings. The summed E-state index contributed by atoms with van der Waals surface area (Å²) in [4.78, 5) is 0. The molecule has 0 saturated heterocycles. The first-order valence-corrected chi connectivity index (χ1v) is 10.3. The van der Waals surface area contributed by atoms with Crippen molar-refractivity contribution in [2.45, 2.75) is 20.3 Å². The van der Waals surface area contributed by atoms with Gasteiger partial charge in [-0.15, -0.1) is 0 Å². The molecule has 1 atom stereocenters. The lowest BCUT2D eigenvalue weighted by atomic mass is 10.3. The highest BCUT2D eigenvalue weighted by Gasteiger charge is 2.27. The van der Waals surface area contributed by atoms with Crippen molar-refractivity contribution in [3.63, 3.8) is 0 Å². The monoisotopic (exact) mass is 406 g/mol. The molecule has 0 radical (unpaired) electrons. The molecule has 0 aliphatic heterocycles. The normalized spacial score (nSPS) is 14.2. The highest BCUT2D eigenvalue weighted by atomic mass is 79.9. The second-order valence-corrected chi connectivity index (χ2v) is 9.27. The quantitative estimate of drug-likeness (QED) is 0.385. The van der Waals surface area contributed by atoms with Crippen LogP contribution in [0.5, 0.6) is 5.75 Å². The van der Waals surface area contributed by atoms with Crippen LogP contribution >= 0.6 is 57.3 Å². The Morgan fingerprint density at radius 3 is 2.58 bits per heavy atom. The molecule has 1 unspecified atom stereocenters. The van der Waals surface area contributed by atoms with Gasteiger partial charge in [0, 0.05) is 16.3 Å². The fourth-order valence-electron chi connectivity index (χ4n) is 1.15. The molecule has 108 valence electrons. The van der Waals surface area contributed by atoms with Gasteiger partial charge in [0.15, 0.2) is 0 Å². The minimum Gasteiger partial charge on any atom is -0.415 e. The summed E-state index contributed by atoms with van der Waals surface area (Å²) in [6, 6.07) is 3.12. The molecule has 0 saturated carbocycles. The molecule has 19 heavy (non-hydrogen) atoms. The van der Waals surface area contributed by atoms with Gasteiger partial charge in [-0.05, 0) is 46.7 Å². The summed E-state index contributed by atoms with van der Waals surface area (Å²) < 4.78 is 23.9. The SMILES string of the molecule is CCCSP(=O)(OCC)Oc1cc(Cl)c(Br)cc1Cl. The van der Waals surface area contributed by atoms with E-state index in [1.807, 2.05) is 6.92 Å². The van der Waals surface area contributed by atoms with E-state index in [0.717, 1.165) is 17.8 Å². The molecular weight excluding hydrogens is 394 g/mol. The fourth-order valence-corrected chi connectivity index (χ4v) is 5.48. The maximum atomic E-state index is 12.5. The van der Waals surface area contributed by atoms with Gasteiger partial charge < -0.3 is 4.52 Å². The first-order chi connectivity index (χ1) is 8.91. The number of hydrogen-bond donors (Lipinski definition) is 0. The van der Waals surface area contributed by atoms with Crippen LogP contribution in [-0.4, -0.2) is 12.4 Å². The average molecular weight is 408 g/mol. The van der Waals surface area contributed by atoms with Gasteiger partial charge in [-0.2, -0.15) is 0 Å². The lowest BCUT2D eigenvalue weighted by Crippen LogP contribution is -1.97. The third-order valence-corrected chi connectivity index (χ3v) is 7.36. The van der Waals surface area contributed by atoms with Crippen LogP contribution in [0, 0.1) is 0 Å². The molecule has 3 nitrogen and oxygen atoms in total. The minimum atomic E-state index is -3.26. The molecule has 1 rings (SSSR count). The molecule has 0 aliphatic carbocycles. The van der Waals surface area contributed by atoms with Crippen LogP contribution in [-0.2, 0) is 9.09 Å². The van der Waals surface area contributed by atoms with Crippen molar-refractivity contribution in [1.82, 2.24) is 0 Å². The molecule has 0 spiro atoms. The molecule has 0 heterocycles. The smallest absolute Gasteiger partial charge is 0.415 e. The molecule has 0 amide bonds. The molecule has 1 aromatic carbocycles. The summed E-state index contributed by atoms with van der Waals surface area (Å²) in [6.45, 7) is 0.795. The fraction of sp³-hybridized carbons (Fsp3) is 0.455. The van der Waals surface area contributed by atoms with E-state index in [1.165, 1.54) is 6.07 Å². The van der Waals surface area contributed by atoms with Crippen molar-refractivity contribution in [2.75, 3.05) is 12.4 Å². The second-order valence-electron chi connectivity index (χ2n) is 3.49. The summed E-state index contributed by atoms with van der Waals surface area (Å²) in [5.74, 6) is 0.939. The Hall–Kier alpha value is 0.620. The van der Waals surface area contributed by atoms with E-state index in [2.05, 4.69) is 15.9 Å². The van der Waals surface area contributed by atoms with Crippen LogP contribution < -0.4 is 4.52 Å². The Labute approximate surface area is 135 Å². The van der Waals surface area contributed by atoms with E-state index in [4.69, 9.17) is 32.2 Å². The molecule has 0 aromatic heterocycles. The van der Waals surface area contributed by atoms with Gasteiger partial charge in [-0.1, -0.05) is 30.1 Å². The van der Waals surface area contributed by atoms with Gasteiger partial charge >= 0.3 is 6.80 Å². The highest BCUT2D eigenvalue weighted by molar-refractivity contribution is 9.10.